The molecule has 0 amide bonds. The minimum Gasteiger partial charge on any atom is -0.504 e. The quantitative estimate of drug-likeness (QED) is 0.751. The smallest absolute Gasteiger partial charge is 0.161 e. The summed E-state index contributed by atoms with van der Waals surface area (Å²) in [5, 5.41) is 10.4. The van der Waals surface area contributed by atoms with Crippen molar-refractivity contribution in [3.8, 4) is 22.8 Å². The maximum absolute atomic E-state index is 13.9. The second-order valence-corrected chi connectivity index (χ2v) is 4.74. The van der Waals surface area contributed by atoms with Gasteiger partial charge in [0.25, 0.3) is 0 Å². The third kappa shape index (κ3) is 2.26. The summed E-state index contributed by atoms with van der Waals surface area (Å²) in [4.78, 5) is 15.7. The maximum Gasteiger partial charge on any atom is 0.161 e. The van der Waals surface area contributed by atoms with Crippen molar-refractivity contribution < 1.29 is 19.0 Å². The third-order valence-electron chi connectivity index (χ3n) is 3.42. The number of hydrogen-bond acceptors (Lipinski definition) is 4. The van der Waals surface area contributed by atoms with E-state index in [0.29, 0.717) is 34.0 Å². The molecule has 0 fully saturated rings. The first-order valence-corrected chi connectivity index (χ1v) is 6.56. The molecule has 4 nitrogen and oxygen atoms in total. The molecule has 0 atom stereocenters. The number of carbonyl (C=O) groups excluding carboxylic acids is 1. The normalized spacial score (nSPS) is 10.6. The zero-order chi connectivity index (χ0) is 15.7. The fourth-order valence-corrected chi connectivity index (χ4v) is 2.34. The molecular weight excluding hydrogens is 285 g/mol. The number of nitrogens with zero attached hydrogens (tertiary/aromatic N) is 1. The van der Waals surface area contributed by atoms with Crippen LogP contribution < -0.4 is 4.74 Å². The summed E-state index contributed by atoms with van der Waals surface area (Å²) in [6.45, 7) is 0. The highest BCUT2D eigenvalue weighted by Crippen LogP contribution is 2.33. The van der Waals surface area contributed by atoms with Crippen molar-refractivity contribution in [3.63, 3.8) is 0 Å². The Labute approximate surface area is 125 Å². The van der Waals surface area contributed by atoms with Crippen LogP contribution in [0.25, 0.3) is 22.2 Å². The number of benzene rings is 2. The predicted molar refractivity (Wildman–Crippen MR) is 80.7 cm³/mol. The lowest BCUT2D eigenvalue weighted by atomic mass is 10.0. The summed E-state index contributed by atoms with van der Waals surface area (Å²) < 4.78 is 18.9. The lowest BCUT2D eigenvalue weighted by Gasteiger charge is -2.09. The summed E-state index contributed by atoms with van der Waals surface area (Å²) in [5.74, 6) is -0.273. The number of halogens is 1. The summed E-state index contributed by atoms with van der Waals surface area (Å²) in [6, 6.07) is 10.6. The molecule has 0 unspecified atom stereocenters. The Hall–Kier alpha value is -2.95. The van der Waals surface area contributed by atoms with E-state index in [1.807, 2.05) is 0 Å². The van der Waals surface area contributed by atoms with Gasteiger partial charge in [0, 0.05) is 22.6 Å². The van der Waals surface area contributed by atoms with Crippen molar-refractivity contribution in [3.05, 3.63) is 53.8 Å². The summed E-state index contributed by atoms with van der Waals surface area (Å²) in [6.07, 6.45) is 0.671. The lowest BCUT2D eigenvalue weighted by Crippen LogP contribution is -1.94. The molecule has 1 heterocycles. The van der Waals surface area contributed by atoms with Crippen LogP contribution in [0.1, 0.15) is 10.4 Å². The van der Waals surface area contributed by atoms with Crippen LogP contribution in [0.4, 0.5) is 4.39 Å². The van der Waals surface area contributed by atoms with Crippen molar-refractivity contribution in [2.45, 2.75) is 0 Å². The van der Waals surface area contributed by atoms with E-state index >= 15 is 0 Å². The Morgan fingerprint density at radius 1 is 1.23 bits per heavy atom. The fourth-order valence-electron chi connectivity index (χ4n) is 2.34. The number of phenolic OH excluding ortho intramolecular Hbond substituents is 1. The average Bonchev–Trinajstić information content (AvgIpc) is 2.53. The van der Waals surface area contributed by atoms with Crippen LogP contribution in [-0.2, 0) is 0 Å². The van der Waals surface area contributed by atoms with Gasteiger partial charge in [0.05, 0.1) is 18.3 Å². The van der Waals surface area contributed by atoms with Crippen LogP contribution in [-0.4, -0.2) is 23.5 Å². The summed E-state index contributed by atoms with van der Waals surface area (Å²) >= 11 is 0. The van der Waals surface area contributed by atoms with Crippen LogP contribution in [0.5, 0.6) is 11.5 Å². The Morgan fingerprint density at radius 3 is 2.68 bits per heavy atom. The number of ether oxygens (including phenoxy) is 1. The molecule has 22 heavy (non-hydrogen) atoms. The van der Waals surface area contributed by atoms with E-state index in [0.717, 1.165) is 0 Å². The average molecular weight is 297 g/mol. The number of methoxy groups -OCH3 is 1. The van der Waals surface area contributed by atoms with Crippen LogP contribution >= 0.6 is 0 Å². The topological polar surface area (TPSA) is 59.4 Å². The Balaban J connectivity index is 2.31. The zero-order valence-corrected chi connectivity index (χ0v) is 11.7. The molecule has 2 aromatic carbocycles. The molecule has 0 radical (unpaired) electrons. The van der Waals surface area contributed by atoms with E-state index in [2.05, 4.69) is 4.98 Å². The molecular formula is C17H12FNO3. The molecule has 3 aromatic rings. The molecule has 0 spiro atoms. The SMILES string of the molecule is COc1cc2c(C=O)cc(-c3ccccc3F)nc2cc1O. The molecule has 0 aliphatic rings. The highest BCUT2D eigenvalue weighted by atomic mass is 19.1. The first-order valence-electron chi connectivity index (χ1n) is 6.56. The van der Waals surface area contributed by atoms with E-state index in [1.165, 1.54) is 31.4 Å². The number of phenols is 1. The predicted octanol–water partition coefficient (Wildman–Crippen LogP) is 3.57. The zero-order valence-electron chi connectivity index (χ0n) is 11.7. The minimum atomic E-state index is -0.427. The molecule has 0 saturated heterocycles. The van der Waals surface area contributed by atoms with Gasteiger partial charge in [0.1, 0.15) is 5.82 Å². The first-order chi connectivity index (χ1) is 10.6. The van der Waals surface area contributed by atoms with Gasteiger partial charge in [-0.15, -0.1) is 0 Å². The van der Waals surface area contributed by atoms with Gasteiger partial charge < -0.3 is 9.84 Å². The van der Waals surface area contributed by atoms with Gasteiger partial charge in [-0.3, -0.25) is 4.79 Å². The molecule has 1 N–H and O–H groups in total. The second-order valence-electron chi connectivity index (χ2n) is 4.74. The minimum absolute atomic E-state index is 0.0926. The van der Waals surface area contributed by atoms with Gasteiger partial charge in [-0.05, 0) is 24.3 Å². The van der Waals surface area contributed by atoms with Crippen molar-refractivity contribution in [2.24, 2.45) is 0 Å². The van der Waals surface area contributed by atoms with Crippen molar-refractivity contribution in [1.29, 1.82) is 0 Å². The number of rotatable bonds is 3. The van der Waals surface area contributed by atoms with Crippen LogP contribution in [0.2, 0.25) is 0 Å². The number of aromatic hydroxyl groups is 1. The van der Waals surface area contributed by atoms with Crippen LogP contribution in [0, 0.1) is 5.82 Å². The number of fused-ring (bicyclic) bond motifs is 1. The van der Waals surface area contributed by atoms with Gasteiger partial charge in [-0.1, -0.05) is 12.1 Å². The molecule has 0 aliphatic carbocycles. The first kappa shape index (κ1) is 14.0. The highest BCUT2D eigenvalue weighted by molar-refractivity contribution is 5.99. The molecule has 5 heteroatoms. The Bertz CT molecular complexity index is 877. The Kier molecular flexibility index (Phi) is 3.47. The number of aromatic nitrogens is 1. The van der Waals surface area contributed by atoms with E-state index < -0.39 is 5.82 Å². The van der Waals surface area contributed by atoms with E-state index in [1.54, 1.807) is 18.2 Å². The van der Waals surface area contributed by atoms with E-state index in [-0.39, 0.29) is 11.5 Å². The van der Waals surface area contributed by atoms with Crippen molar-refractivity contribution in [1.82, 2.24) is 4.98 Å². The highest BCUT2D eigenvalue weighted by Gasteiger charge is 2.13. The monoisotopic (exact) mass is 297 g/mol. The number of carbonyl (C=O) groups is 1. The van der Waals surface area contributed by atoms with Gasteiger partial charge in [-0.25, -0.2) is 9.37 Å². The molecule has 110 valence electrons. The van der Waals surface area contributed by atoms with Gasteiger partial charge in [0.15, 0.2) is 17.8 Å². The fraction of sp³-hybridized carbons (Fsp3) is 0.0588. The number of aldehydes is 1. The lowest BCUT2D eigenvalue weighted by molar-refractivity contribution is 0.112. The second kappa shape index (κ2) is 5.44. The molecule has 0 aliphatic heterocycles. The van der Waals surface area contributed by atoms with Gasteiger partial charge in [-0.2, -0.15) is 0 Å². The standard InChI is InChI=1S/C17H12FNO3/c1-22-17-7-12-10(9-20)6-14(19-15(12)8-16(17)21)11-4-2-3-5-13(11)18/h2-9,21H,1H3. The number of pyridine rings is 1. The van der Waals surface area contributed by atoms with E-state index in [9.17, 15) is 14.3 Å². The summed E-state index contributed by atoms with van der Waals surface area (Å²) in [7, 11) is 1.42. The van der Waals surface area contributed by atoms with Crippen molar-refractivity contribution in [2.75, 3.05) is 7.11 Å². The molecule has 3 rings (SSSR count). The third-order valence-corrected chi connectivity index (χ3v) is 3.42. The summed E-state index contributed by atoms with van der Waals surface area (Å²) in [5.41, 5.74) is 1.36. The maximum atomic E-state index is 13.9. The molecule has 0 saturated carbocycles. The van der Waals surface area contributed by atoms with E-state index in [4.69, 9.17) is 4.74 Å². The molecule has 1 aromatic heterocycles. The van der Waals surface area contributed by atoms with Gasteiger partial charge >= 0.3 is 0 Å². The molecule has 0 bridgehead atoms. The number of hydrogen-bond donors (Lipinski definition) is 1. The van der Waals surface area contributed by atoms with Crippen LogP contribution in [0.3, 0.4) is 0 Å². The van der Waals surface area contributed by atoms with Gasteiger partial charge in [0.2, 0.25) is 0 Å². The Morgan fingerprint density at radius 2 is 2.00 bits per heavy atom. The van der Waals surface area contributed by atoms with Crippen LogP contribution in [0.15, 0.2) is 42.5 Å². The van der Waals surface area contributed by atoms with Crippen molar-refractivity contribution >= 4 is 17.2 Å². The largest absolute Gasteiger partial charge is 0.504 e.